The second-order valence-corrected chi connectivity index (χ2v) is 6.97. The van der Waals surface area contributed by atoms with Crippen molar-refractivity contribution in [1.29, 1.82) is 0 Å². The topological polar surface area (TPSA) is 45.5 Å². The van der Waals surface area contributed by atoms with Crippen LogP contribution in [0.5, 0.6) is 0 Å². The van der Waals surface area contributed by atoms with Crippen LogP contribution in [-0.4, -0.2) is 40.8 Å². The number of hydrogen-bond acceptors (Lipinski definition) is 2. The van der Waals surface area contributed by atoms with Crippen LogP contribution >= 0.6 is 0 Å². The maximum atomic E-state index is 4.73. The number of rotatable bonds is 3. The number of nitrogens with zero attached hydrogens (tertiary/aromatic N) is 4. The predicted octanol–water partition coefficient (Wildman–Crippen LogP) is 3.30. The first-order chi connectivity index (χ1) is 12.1. The predicted molar refractivity (Wildman–Crippen MR) is 103 cm³/mol. The van der Waals surface area contributed by atoms with Crippen LogP contribution in [0.4, 0.5) is 0 Å². The van der Waals surface area contributed by atoms with Crippen LogP contribution in [0.15, 0.2) is 35.3 Å². The zero-order valence-corrected chi connectivity index (χ0v) is 15.8. The summed E-state index contributed by atoms with van der Waals surface area (Å²) in [6, 6.07) is 10.3. The quantitative estimate of drug-likeness (QED) is 0.689. The van der Waals surface area contributed by atoms with E-state index in [1.807, 2.05) is 29.9 Å². The zero-order valence-electron chi connectivity index (χ0n) is 15.8. The van der Waals surface area contributed by atoms with Crippen molar-refractivity contribution in [2.24, 2.45) is 10.9 Å². The van der Waals surface area contributed by atoms with Crippen molar-refractivity contribution < 1.29 is 0 Å². The summed E-state index contributed by atoms with van der Waals surface area (Å²) in [6.45, 7) is 9.47. The molecule has 1 aromatic heterocycles. The van der Waals surface area contributed by atoms with Gasteiger partial charge in [-0.25, -0.2) is 4.68 Å². The number of aliphatic imine (C=N–C) groups is 1. The van der Waals surface area contributed by atoms with Crippen molar-refractivity contribution in [3.8, 4) is 5.69 Å². The average molecular weight is 339 g/mol. The minimum absolute atomic E-state index is 0.753. The van der Waals surface area contributed by atoms with Gasteiger partial charge in [0.25, 0.3) is 0 Å². The largest absolute Gasteiger partial charge is 0.352 e. The summed E-state index contributed by atoms with van der Waals surface area (Å²) in [5, 5.41) is 8.27. The third kappa shape index (κ3) is 3.86. The van der Waals surface area contributed by atoms with Crippen LogP contribution < -0.4 is 5.32 Å². The Bertz CT molecular complexity index is 724. The summed E-state index contributed by atoms with van der Waals surface area (Å²) in [7, 11) is 1.87. The van der Waals surface area contributed by atoms with Gasteiger partial charge in [-0.3, -0.25) is 4.99 Å². The van der Waals surface area contributed by atoms with E-state index in [1.165, 1.54) is 24.1 Å². The van der Waals surface area contributed by atoms with E-state index in [4.69, 9.17) is 5.10 Å². The highest BCUT2D eigenvalue weighted by Crippen LogP contribution is 2.19. The SMILES string of the molecule is CN=C(NCc1c(C)nn(-c2ccccc2)c1C)N1CCC(C)CC1. The Labute approximate surface area is 150 Å². The molecule has 1 aliphatic rings. The maximum absolute atomic E-state index is 4.73. The molecule has 1 saturated heterocycles. The van der Waals surface area contributed by atoms with Gasteiger partial charge >= 0.3 is 0 Å². The molecule has 0 bridgehead atoms. The number of likely N-dealkylation sites (tertiary alicyclic amines) is 1. The van der Waals surface area contributed by atoms with Crippen LogP contribution in [0.1, 0.15) is 36.7 Å². The van der Waals surface area contributed by atoms with Gasteiger partial charge in [-0.15, -0.1) is 0 Å². The number of nitrogens with one attached hydrogen (secondary N) is 1. The minimum Gasteiger partial charge on any atom is -0.352 e. The highest BCUT2D eigenvalue weighted by molar-refractivity contribution is 5.80. The fraction of sp³-hybridized carbons (Fsp3) is 0.500. The smallest absolute Gasteiger partial charge is 0.193 e. The first-order valence-corrected chi connectivity index (χ1v) is 9.16. The molecule has 0 unspecified atom stereocenters. The van der Waals surface area contributed by atoms with Crippen molar-refractivity contribution in [3.63, 3.8) is 0 Å². The summed E-state index contributed by atoms with van der Waals surface area (Å²) in [5.74, 6) is 1.82. The molecule has 0 saturated carbocycles. The Balaban J connectivity index is 1.72. The van der Waals surface area contributed by atoms with Gasteiger partial charge in [0.05, 0.1) is 11.4 Å². The monoisotopic (exact) mass is 339 g/mol. The molecule has 0 spiro atoms. The zero-order chi connectivity index (χ0) is 17.8. The Morgan fingerprint density at radius 3 is 2.52 bits per heavy atom. The van der Waals surface area contributed by atoms with Crippen LogP contribution in [-0.2, 0) is 6.54 Å². The van der Waals surface area contributed by atoms with Gasteiger partial charge in [0.1, 0.15) is 0 Å². The Kier molecular flexibility index (Phi) is 5.41. The number of piperidine rings is 1. The maximum Gasteiger partial charge on any atom is 0.193 e. The first-order valence-electron chi connectivity index (χ1n) is 9.16. The Hall–Kier alpha value is -2.30. The molecule has 134 valence electrons. The van der Waals surface area contributed by atoms with E-state index in [2.05, 4.69) is 48.1 Å². The van der Waals surface area contributed by atoms with E-state index < -0.39 is 0 Å². The lowest BCUT2D eigenvalue weighted by molar-refractivity contribution is 0.273. The fourth-order valence-corrected chi connectivity index (χ4v) is 3.47. The molecule has 25 heavy (non-hydrogen) atoms. The standard InChI is InChI=1S/C20H29N5/c1-15-10-12-24(13-11-15)20(21-4)22-14-19-16(2)23-25(17(19)3)18-8-6-5-7-9-18/h5-9,15H,10-14H2,1-4H3,(H,21,22). The lowest BCUT2D eigenvalue weighted by Crippen LogP contribution is -2.45. The van der Waals surface area contributed by atoms with Gasteiger partial charge in [0, 0.05) is 37.9 Å². The molecule has 1 aromatic carbocycles. The number of aryl methyl sites for hydroxylation is 1. The molecule has 1 fully saturated rings. The van der Waals surface area contributed by atoms with Gasteiger partial charge < -0.3 is 10.2 Å². The molecule has 3 rings (SSSR count). The van der Waals surface area contributed by atoms with Gasteiger partial charge in [-0.1, -0.05) is 25.1 Å². The fourth-order valence-electron chi connectivity index (χ4n) is 3.47. The number of guanidine groups is 1. The third-order valence-corrected chi connectivity index (χ3v) is 5.16. The molecule has 0 atom stereocenters. The summed E-state index contributed by atoms with van der Waals surface area (Å²) in [6.07, 6.45) is 2.48. The van der Waals surface area contributed by atoms with Crippen LogP contribution in [0.3, 0.4) is 0 Å². The highest BCUT2D eigenvalue weighted by Gasteiger charge is 2.19. The highest BCUT2D eigenvalue weighted by atomic mass is 15.3. The van der Waals surface area contributed by atoms with Gasteiger partial charge in [-0.05, 0) is 44.7 Å². The van der Waals surface area contributed by atoms with Crippen molar-refractivity contribution in [1.82, 2.24) is 20.0 Å². The summed E-state index contributed by atoms with van der Waals surface area (Å²) in [5.41, 5.74) is 4.59. The van der Waals surface area contributed by atoms with Crippen molar-refractivity contribution >= 4 is 5.96 Å². The second-order valence-electron chi connectivity index (χ2n) is 6.97. The van der Waals surface area contributed by atoms with Crippen molar-refractivity contribution in [2.45, 2.75) is 40.2 Å². The number of benzene rings is 1. The molecule has 5 heteroatoms. The van der Waals surface area contributed by atoms with E-state index in [9.17, 15) is 0 Å². The van der Waals surface area contributed by atoms with E-state index in [0.717, 1.165) is 42.9 Å². The molecule has 0 amide bonds. The second kappa shape index (κ2) is 7.72. The van der Waals surface area contributed by atoms with Gasteiger partial charge in [0.15, 0.2) is 5.96 Å². The molecular weight excluding hydrogens is 310 g/mol. The lowest BCUT2D eigenvalue weighted by atomic mass is 9.99. The summed E-state index contributed by atoms with van der Waals surface area (Å²) >= 11 is 0. The molecule has 1 aliphatic heterocycles. The molecule has 5 nitrogen and oxygen atoms in total. The van der Waals surface area contributed by atoms with Crippen LogP contribution in [0.2, 0.25) is 0 Å². The van der Waals surface area contributed by atoms with E-state index in [-0.39, 0.29) is 0 Å². The normalized spacial score (nSPS) is 16.3. The lowest BCUT2D eigenvalue weighted by Gasteiger charge is -2.32. The third-order valence-electron chi connectivity index (χ3n) is 5.16. The van der Waals surface area contributed by atoms with Crippen molar-refractivity contribution in [3.05, 3.63) is 47.3 Å². The summed E-state index contributed by atoms with van der Waals surface area (Å²) < 4.78 is 2.03. The Morgan fingerprint density at radius 1 is 1.20 bits per heavy atom. The molecule has 2 aromatic rings. The molecule has 0 aliphatic carbocycles. The van der Waals surface area contributed by atoms with Crippen LogP contribution in [0, 0.1) is 19.8 Å². The van der Waals surface area contributed by atoms with E-state index in [0.29, 0.717) is 0 Å². The van der Waals surface area contributed by atoms with E-state index >= 15 is 0 Å². The van der Waals surface area contributed by atoms with Crippen molar-refractivity contribution in [2.75, 3.05) is 20.1 Å². The molecule has 0 radical (unpaired) electrons. The number of hydrogen-bond donors (Lipinski definition) is 1. The Morgan fingerprint density at radius 2 is 1.88 bits per heavy atom. The average Bonchev–Trinajstić information content (AvgIpc) is 2.92. The molecular formula is C20H29N5. The van der Waals surface area contributed by atoms with Crippen LogP contribution in [0.25, 0.3) is 5.69 Å². The minimum atomic E-state index is 0.753. The number of aromatic nitrogens is 2. The number of para-hydroxylation sites is 1. The molecule has 2 heterocycles. The van der Waals surface area contributed by atoms with Gasteiger partial charge in [0.2, 0.25) is 0 Å². The van der Waals surface area contributed by atoms with E-state index in [1.54, 1.807) is 0 Å². The first kappa shape index (κ1) is 17.5. The molecule has 1 N–H and O–H groups in total. The summed E-state index contributed by atoms with van der Waals surface area (Å²) in [4.78, 5) is 6.85. The van der Waals surface area contributed by atoms with Gasteiger partial charge in [-0.2, -0.15) is 5.10 Å².